The van der Waals surface area contributed by atoms with Crippen LogP contribution in [0.15, 0.2) is 48.5 Å². The van der Waals surface area contributed by atoms with Crippen molar-refractivity contribution in [2.45, 2.75) is 20.8 Å². The number of carbonyl (C=O) groups is 1. The number of benzene rings is 2. The molecule has 0 spiro atoms. The van der Waals surface area contributed by atoms with Gasteiger partial charge in [-0.25, -0.2) is 4.68 Å². The number of nitrogens with one attached hydrogen (secondary N) is 1. The van der Waals surface area contributed by atoms with Gasteiger partial charge in [-0.3, -0.25) is 4.79 Å². The second-order valence-electron chi connectivity index (χ2n) is 5.98. The Morgan fingerprint density at radius 2 is 1.64 bits per heavy atom. The van der Waals surface area contributed by atoms with Crippen molar-refractivity contribution in [2.24, 2.45) is 0 Å². The number of methoxy groups -OCH3 is 1. The summed E-state index contributed by atoms with van der Waals surface area (Å²) in [6.45, 7) is 5.89. The third-order valence-corrected chi connectivity index (χ3v) is 4.16. The molecule has 1 N–H and O–H groups in total. The molecule has 1 aromatic heterocycles. The molecule has 0 bridgehead atoms. The molecule has 128 valence electrons. The third-order valence-electron chi connectivity index (χ3n) is 4.16. The van der Waals surface area contributed by atoms with Crippen molar-refractivity contribution in [1.82, 2.24) is 9.78 Å². The van der Waals surface area contributed by atoms with Gasteiger partial charge in [0.25, 0.3) is 5.91 Å². The number of hydrogen-bond donors (Lipinski definition) is 1. The third kappa shape index (κ3) is 3.40. The molecule has 3 aromatic rings. The van der Waals surface area contributed by atoms with Crippen molar-refractivity contribution in [3.63, 3.8) is 0 Å². The zero-order chi connectivity index (χ0) is 18.0. The summed E-state index contributed by atoms with van der Waals surface area (Å²) in [5.41, 5.74) is 5.14. The van der Waals surface area contributed by atoms with E-state index in [-0.39, 0.29) is 5.91 Å². The molecule has 5 heteroatoms. The molecule has 0 saturated carbocycles. The van der Waals surface area contributed by atoms with Crippen LogP contribution in [0.25, 0.3) is 5.69 Å². The Labute approximate surface area is 147 Å². The average Bonchev–Trinajstić information content (AvgIpc) is 2.90. The van der Waals surface area contributed by atoms with Crippen molar-refractivity contribution < 1.29 is 9.53 Å². The van der Waals surface area contributed by atoms with E-state index in [2.05, 4.69) is 10.4 Å². The highest BCUT2D eigenvalue weighted by molar-refractivity contribution is 6.05. The highest BCUT2D eigenvalue weighted by Gasteiger charge is 2.16. The van der Waals surface area contributed by atoms with Crippen molar-refractivity contribution >= 4 is 11.6 Å². The van der Waals surface area contributed by atoms with Gasteiger partial charge in [-0.15, -0.1) is 0 Å². The van der Waals surface area contributed by atoms with Crippen LogP contribution in [0.5, 0.6) is 5.75 Å². The monoisotopic (exact) mass is 335 g/mol. The second kappa shape index (κ2) is 6.81. The van der Waals surface area contributed by atoms with Crippen LogP contribution in [-0.2, 0) is 0 Å². The molecule has 1 heterocycles. The number of anilines is 1. The molecule has 0 aliphatic carbocycles. The van der Waals surface area contributed by atoms with Gasteiger partial charge in [0.2, 0.25) is 0 Å². The summed E-state index contributed by atoms with van der Waals surface area (Å²) in [5, 5.41) is 7.54. The quantitative estimate of drug-likeness (QED) is 0.782. The van der Waals surface area contributed by atoms with Crippen LogP contribution >= 0.6 is 0 Å². The molecule has 0 saturated heterocycles. The first-order valence-corrected chi connectivity index (χ1v) is 8.08. The van der Waals surface area contributed by atoms with Crippen LogP contribution in [0.4, 0.5) is 5.69 Å². The fraction of sp³-hybridized carbons (Fsp3) is 0.200. The summed E-state index contributed by atoms with van der Waals surface area (Å²) >= 11 is 0. The zero-order valence-corrected chi connectivity index (χ0v) is 14.8. The van der Waals surface area contributed by atoms with E-state index in [1.807, 2.05) is 49.7 Å². The summed E-state index contributed by atoms with van der Waals surface area (Å²) < 4.78 is 6.97. The molecule has 5 nitrogen and oxygen atoms in total. The standard InChI is InChI=1S/C20H21N3O2/c1-13-5-9-17(10-6-13)23-15(3)19(14(2)22-23)21-20(24)16-7-11-18(25-4)12-8-16/h5-12H,1-4H3,(H,21,24). The minimum Gasteiger partial charge on any atom is -0.497 e. The fourth-order valence-electron chi connectivity index (χ4n) is 2.69. The molecule has 0 radical (unpaired) electrons. The Morgan fingerprint density at radius 3 is 2.24 bits per heavy atom. The van der Waals surface area contributed by atoms with E-state index in [1.165, 1.54) is 5.56 Å². The number of hydrogen-bond acceptors (Lipinski definition) is 3. The number of nitrogens with zero attached hydrogens (tertiary/aromatic N) is 2. The van der Waals surface area contributed by atoms with Crippen molar-refractivity contribution in [2.75, 3.05) is 12.4 Å². The van der Waals surface area contributed by atoms with Gasteiger partial charge in [0, 0.05) is 5.56 Å². The molecule has 2 aromatic carbocycles. The van der Waals surface area contributed by atoms with E-state index in [4.69, 9.17) is 4.74 Å². The highest BCUT2D eigenvalue weighted by Crippen LogP contribution is 2.24. The second-order valence-corrected chi connectivity index (χ2v) is 5.98. The van der Waals surface area contributed by atoms with E-state index >= 15 is 0 Å². The topological polar surface area (TPSA) is 56.1 Å². The van der Waals surface area contributed by atoms with Crippen LogP contribution in [0.2, 0.25) is 0 Å². The first-order chi connectivity index (χ1) is 12.0. The molecular formula is C20H21N3O2. The number of ether oxygens (including phenoxy) is 1. The lowest BCUT2D eigenvalue weighted by Crippen LogP contribution is -2.13. The van der Waals surface area contributed by atoms with E-state index in [9.17, 15) is 4.79 Å². The number of carbonyl (C=O) groups excluding carboxylic acids is 1. The van der Waals surface area contributed by atoms with E-state index in [0.717, 1.165) is 28.5 Å². The highest BCUT2D eigenvalue weighted by atomic mass is 16.5. The average molecular weight is 335 g/mol. The molecule has 3 rings (SSSR count). The summed E-state index contributed by atoms with van der Waals surface area (Å²) in [7, 11) is 1.60. The van der Waals surface area contributed by atoms with Crippen molar-refractivity contribution in [3.8, 4) is 11.4 Å². The maximum Gasteiger partial charge on any atom is 0.255 e. The van der Waals surface area contributed by atoms with Crippen LogP contribution in [0.3, 0.4) is 0 Å². The van der Waals surface area contributed by atoms with Crippen LogP contribution in [-0.4, -0.2) is 22.8 Å². The maximum atomic E-state index is 12.5. The number of aromatic nitrogens is 2. The van der Waals surface area contributed by atoms with E-state index in [0.29, 0.717) is 5.56 Å². The van der Waals surface area contributed by atoms with Gasteiger partial charge in [0.1, 0.15) is 5.75 Å². The first kappa shape index (κ1) is 16.8. The number of aryl methyl sites for hydroxylation is 2. The summed E-state index contributed by atoms with van der Waals surface area (Å²) in [6.07, 6.45) is 0. The van der Waals surface area contributed by atoms with Gasteiger partial charge in [-0.05, 0) is 57.2 Å². The summed E-state index contributed by atoms with van der Waals surface area (Å²) in [4.78, 5) is 12.5. The number of rotatable bonds is 4. The van der Waals surface area contributed by atoms with Gasteiger partial charge in [0.05, 0.1) is 29.9 Å². The van der Waals surface area contributed by atoms with Crippen molar-refractivity contribution in [3.05, 3.63) is 71.0 Å². The molecule has 25 heavy (non-hydrogen) atoms. The van der Waals surface area contributed by atoms with E-state index < -0.39 is 0 Å². The predicted octanol–water partition coefficient (Wildman–Crippen LogP) is 4.06. The van der Waals surface area contributed by atoms with Crippen LogP contribution in [0.1, 0.15) is 27.3 Å². The Hall–Kier alpha value is -3.08. The lowest BCUT2D eigenvalue weighted by Gasteiger charge is -2.08. The van der Waals surface area contributed by atoms with Gasteiger partial charge in [-0.1, -0.05) is 17.7 Å². The molecule has 0 aliphatic rings. The van der Waals surface area contributed by atoms with Crippen molar-refractivity contribution in [1.29, 1.82) is 0 Å². The summed E-state index contributed by atoms with van der Waals surface area (Å²) in [6, 6.07) is 15.1. The molecule has 1 amide bonds. The van der Waals surface area contributed by atoms with Gasteiger partial charge >= 0.3 is 0 Å². The molecule has 0 aliphatic heterocycles. The van der Waals surface area contributed by atoms with Crippen LogP contribution in [0, 0.1) is 20.8 Å². The summed E-state index contributed by atoms with van der Waals surface area (Å²) in [5.74, 6) is 0.549. The lowest BCUT2D eigenvalue weighted by atomic mass is 10.2. The van der Waals surface area contributed by atoms with E-state index in [1.54, 1.807) is 31.4 Å². The minimum atomic E-state index is -0.169. The maximum absolute atomic E-state index is 12.5. The first-order valence-electron chi connectivity index (χ1n) is 8.08. The Bertz CT molecular complexity index is 894. The Balaban J connectivity index is 1.87. The Kier molecular flexibility index (Phi) is 4.57. The fourth-order valence-corrected chi connectivity index (χ4v) is 2.69. The van der Waals surface area contributed by atoms with Gasteiger partial charge in [-0.2, -0.15) is 5.10 Å². The molecule has 0 unspecified atom stereocenters. The SMILES string of the molecule is COc1ccc(C(=O)Nc2c(C)nn(-c3ccc(C)cc3)c2C)cc1. The largest absolute Gasteiger partial charge is 0.497 e. The zero-order valence-electron chi connectivity index (χ0n) is 14.8. The molecule has 0 fully saturated rings. The van der Waals surface area contributed by atoms with Crippen LogP contribution < -0.4 is 10.1 Å². The molecule has 0 atom stereocenters. The van der Waals surface area contributed by atoms with Gasteiger partial charge in [0.15, 0.2) is 0 Å². The predicted molar refractivity (Wildman–Crippen MR) is 98.7 cm³/mol. The number of amides is 1. The minimum absolute atomic E-state index is 0.169. The molecular weight excluding hydrogens is 314 g/mol. The van der Waals surface area contributed by atoms with Gasteiger partial charge < -0.3 is 10.1 Å². The normalized spacial score (nSPS) is 10.6. The lowest BCUT2D eigenvalue weighted by molar-refractivity contribution is 0.102. The Morgan fingerprint density at radius 1 is 1.00 bits per heavy atom. The smallest absolute Gasteiger partial charge is 0.255 e.